The van der Waals surface area contributed by atoms with E-state index in [1.54, 1.807) is 24.3 Å². The predicted molar refractivity (Wildman–Crippen MR) is 58.4 cm³/mol. The van der Waals surface area contributed by atoms with Gasteiger partial charge in [0.2, 0.25) is 0 Å². The van der Waals surface area contributed by atoms with Gasteiger partial charge in [-0.3, -0.25) is 4.18 Å². The molecule has 0 aliphatic carbocycles. The fourth-order valence-electron chi connectivity index (χ4n) is 0.841. The molecule has 72 valence electrons. The third-order valence-corrected chi connectivity index (χ3v) is 3.75. The number of hydrogen-bond donors (Lipinski definition) is 0. The highest BCUT2D eigenvalue weighted by Gasteiger charge is 2.11. The molecule has 0 atom stereocenters. The molecule has 5 heteroatoms. The van der Waals surface area contributed by atoms with Crippen LogP contribution in [0, 0.1) is 0 Å². The number of hydrogen-bond acceptors (Lipinski definition) is 3. The van der Waals surface area contributed by atoms with Crippen LogP contribution < -0.4 is 0 Å². The zero-order chi connectivity index (χ0) is 9.90. The Morgan fingerprint density at radius 2 is 1.85 bits per heavy atom. The zero-order valence-corrected chi connectivity index (χ0v) is 10.0. The standard InChI is InChI=1S/C8H9IO3S/c1-12-13(10,11)8-4-2-7(6-9)3-5-8/h2-5H,6H2,1H3. The predicted octanol–water partition coefficient (Wildman–Crippen LogP) is 1.96. The number of alkyl halides is 1. The fourth-order valence-corrected chi connectivity index (χ4v) is 2.01. The van der Waals surface area contributed by atoms with Crippen LogP contribution in [0.1, 0.15) is 5.56 Å². The van der Waals surface area contributed by atoms with Gasteiger partial charge in [-0.15, -0.1) is 0 Å². The SMILES string of the molecule is COS(=O)(=O)c1ccc(CI)cc1. The molecular weight excluding hydrogens is 303 g/mol. The van der Waals surface area contributed by atoms with Gasteiger partial charge in [0, 0.05) is 4.43 Å². The molecule has 0 unspecified atom stereocenters. The van der Waals surface area contributed by atoms with Crippen LogP contribution in [0.4, 0.5) is 0 Å². The molecule has 0 bridgehead atoms. The summed E-state index contributed by atoms with van der Waals surface area (Å²) in [5, 5.41) is 0. The Morgan fingerprint density at radius 1 is 1.31 bits per heavy atom. The van der Waals surface area contributed by atoms with Crippen LogP contribution in [-0.2, 0) is 18.7 Å². The van der Waals surface area contributed by atoms with E-state index in [9.17, 15) is 8.42 Å². The lowest BCUT2D eigenvalue weighted by molar-refractivity contribution is 0.398. The molecule has 0 aromatic heterocycles. The van der Waals surface area contributed by atoms with E-state index >= 15 is 0 Å². The number of halogens is 1. The first kappa shape index (κ1) is 10.9. The summed E-state index contributed by atoms with van der Waals surface area (Å²) in [4.78, 5) is 0.198. The molecule has 0 spiro atoms. The third kappa shape index (κ3) is 2.65. The van der Waals surface area contributed by atoms with E-state index in [2.05, 4.69) is 26.8 Å². The molecule has 0 aliphatic rings. The second-order valence-electron chi connectivity index (χ2n) is 2.40. The summed E-state index contributed by atoms with van der Waals surface area (Å²) in [5.74, 6) is 0. The van der Waals surface area contributed by atoms with Crippen molar-refractivity contribution in [3.63, 3.8) is 0 Å². The normalized spacial score (nSPS) is 11.5. The fraction of sp³-hybridized carbons (Fsp3) is 0.250. The van der Waals surface area contributed by atoms with Crippen molar-refractivity contribution in [3.8, 4) is 0 Å². The Labute approximate surface area is 91.4 Å². The first-order valence-corrected chi connectivity index (χ1v) is 6.49. The Balaban J connectivity index is 3.06. The largest absolute Gasteiger partial charge is 0.296 e. The van der Waals surface area contributed by atoms with Crippen molar-refractivity contribution in [1.29, 1.82) is 0 Å². The lowest BCUT2D eigenvalue weighted by atomic mass is 10.2. The minimum absolute atomic E-state index is 0.198. The molecule has 13 heavy (non-hydrogen) atoms. The summed E-state index contributed by atoms with van der Waals surface area (Å²) < 4.78 is 27.6. The van der Waals surface area contributed by atoms with Crippen molar-refractivity contribution >= 4 is 32.7 Å². The minimum Gasteiger partial charge on any atom is -0.270 e. The molecule has 0 aliphatic heterocycles. The van der Waals surface area contributed by atoms with Crippen LogP contribution in [0.2, 0.25) is 0 Å². The maximum absolute atomic E-state index is 11.2. The Morgan fingerprint density at radius 3 is 2.23 bits per heavy atom. The molecule has 1 aromatic rings. The van der Waals surface area contributed by atoms with Gasteiger partial charge in [0.15, 0.2) is 0 Å². The van der Waals surface area contributed by atoms with Gasteiger partial charge in [-0.2, -0.15) is 8.42 Å². The average molecular weight is 312 g/mol. The average Bonchev–Trinajstić information content (AvgIpc) is 2.18. The summed E-state index contributed by atoms with van der Waals surface area (Å²) >= 11 is 2.21. The molecular formula is C8H9IO3S. The molecule has 0 heterocycles. The highest BCUT2D eigenvalue weighted by Crippen LogP contribution is 2.14. The topological polar surface area (TPSA) is 43.4 Å². The van der Waals surface area contributed by atoms with Gasteiger partial charge in [0.05, 0.1) is 12.0 Å². The summed E-state index contributed by atoms with van der Waals surface area (Å²) in [6.07, 6.45) is 0. The molecule has 0 fully saturated rings. The smallest absolute Gasteiger partial charge is 0.270 e. The van der Waals surface area contributed by atoms with Gasteiger partial charge in [0.1, 0.15) is 0 Å². The summed E-state index contributed by atoms with van der Waals surface area (Å²) in [6, 6.07) is 6.65. The highest BCUT2D eigenvalue weighted by molar-refractivity contribution is 14.1. The van der Waals surface area contributed by atoms with Crippen LogP contribution >= 0.6 is 22.6 Å². The van der Waals surface area contributed by atoms with E-state index in [1.807, 2.05) is 0 Å². The van der Waals surface area contributed by atoms with Crippen molar-refractivity contribution in [1.82, 2.24) is 0 Å². The summed E-state index contributed by atoms with van der Waals surface area (Å²) in [6.45, 7) is 0. The van der Waals surface area contributed by atoms with Crippen LogP contribution in [0.15, 0.2) is 29.2 Å². The van der Waals surface area contributed by atoms with E-state index in [0.717, 1.165) is 17.1 Å². The third-order valence-electron chi connectivity index (χ3n) is 1.59. The van der Waals surface area contributed by atoms with Crippen molar-refractivity contribution in [2.45, 2.75) is 9.32 Å². The van der Waals surface area contributed by atoms with Gasteiger partial charge in [-0.1, -0.05) is 34.7 Å². The first-order chi connectivity index (χ1) is 6.10. The summed E-state index contributed by atoms with van der Waals surface area (Å²) in [7, 11) is -2.37. The Hall–Kier alpha value is -0.140. The molecule has 1 aromatic carbocycles. The van der Waals surface area contributed by atoms with Crippen LogP contribution in [0.3, 0.4) is 0 Å². The minimum atomic E-state index is -3.53. The lowest BCUT2D eigenvalue weighted by Crippen LogP contribution is -2.02. The molecule has 0 saturated carbocycles. The molecule has 0 N–H and O–H groups in total. The Bertz CT molecular complexity index is 369. The van der Waals surface area contributed by atoms with Gasteiger partial charge < -0.3 is 0 Å². The molecule has 1 rings (SSSR count). The van der Waals surface area contributed by atoms with Crippen molar-refractivity contribution in [3.05, 3.63) is 29.8 Å². The second kappa shape index (κ2) is 4.39. The van der Waals surface area contributed by atoms with Crippen LogP contribution in [0.25, 0.3) is 0 Å². The zero-order valence-electron chi connectivity index (χ0n) is 7.03. The number of rotatable bonds is 3. The van der Waals surface area contributed by atoms with E-state index in [-0.39, 0.29) is 4.90 Å². The second-order valence-corrected chi connectivity index (χ2v) is 4.87. The maximum atomic E-state index is 11.2. The first-order valence-electron chi connectivity index (χ1n) is 3.55. The van der Waals surface area contributed by atoms with E-state index in [0.29, 0.717) is 0 Å². The van der Waals surface area contributed by atoms with Gasteiger partial charge in [-0.05, 0) is 17.7 Å². The van der Waals surface area contributed by atoms with E-state index < -0.39 is 10.1 Å². The van der Waals surface area contributed by atoms with E-state index in [1.165, 1.54) is 0 Å². The van der Waals surface area contributed by atoms with Crippen LogP contribution in [0.5, 0.6) is 0 Å². The van der Waals surface area contributed by atoms with Crippen LogP contribution in [-0.4, -0.2) is 15.5 Å². The van der Waals surface area contributed by atoms with E-state index in [4.69, 9.17) is 0 Å². The van der Waals surface area contributed by atoms with Crippen molar-refractivity contribution < 1.29 is 12.6 Å². The molecule has 3 nitrogen and oxygen atoms in total. The van der Waals surface area contributed by atoms with Crippen molar-refractivity contribution in [2.24, 2.45) is 0 Å². The maximum Gasteiger partial charge on any atom is 0.296 e. The summed E-state index contributed by atoms with van der Waals surface area (Å²) in [5.41, 5.74) is 1.09. The lowest BCUT2D eigenvalue weighted by Gasteiger charge is -2.01. The Kier molecular flexibility index (Phi) is 3.69. The molecule has 0 radical (unpaired) electrons. The quantitative estimate of drug-likeness (QED) is 0.487. The van der Waals surface area contributed by atoms with Gasteiger partial charge >= 0.3 is 0 Å². The van der Waals surface area contributed by atoms with Gasteiger partial charge in [-0.25, -0.2) is 0 Å². The monoisotopic (exact) mass is 312 g/mol. The van der Waals surface area contributed by atoms with Gasteiger partial charge in [0.25, 0.3) is 10.1 Å². The van der Waals surface area contributed by atoms with Crippen molar-refractivity contribution in [2.75, 3.05) is 7.11 Å². The molecule has 0 saturated heterocycles. The highest BCUT2D eigenvalue weighted by atomic mass is 127. The number of benzene rings is 1. The molecule has 0 amide bonds.